The fraction of sp³-hybridized carbons (Fsp3) is 0.438. The Hall–Kier alpha value is -1.81. The van der Waals surface area contributed by atoms with E-state index in [0.29, 0.717) is 6.61 Å². The molecule has 0 heterocycles. The van der Waals surface area contributed by atoms with Gasteiger partial charge in [-0.05, 0) is 37.1 Å². The van der Waals surface area contributed by atoms with Crippen molar-refractivity contribution in [1.29, 1.82) is 0 Å². The van der Waals surface area contributed by atoms with Crippen LogP contribution in [0.15, 0.2) is 36.4 Å². The molecule has 0 radical (unpaired) electrons. The highest BCUT2D eigenvalue weighted by Gasteiger charge is 1.94. The van der Waals surface area contributed by atoms with Crippen molar-refractivity contribution in [2.24, 2.45) is 0 Å². The number of allylic oxidation sites excluding steroid dienone is 1. The van der Waals surface area contributed by atoms with Crippen LogP contribution in [0.5, 0.6) is 5.75 Å². The van der Waals surface area contributed by atoms with Crippen molar-refractivity contribution in [1.82, 2.24) is 5.32 Å². The number of rotatable bonds is 9. The average molecular weight is 277 g/mol. The molecule has 0 amide bonds. The Morgan fingerprint density at radius 1 is 1.25 bits per heavy atom. The van der Waals surface area contributed by atoms with Gasteiger partial charge in [-0.3, -0.25) is 4.79 Å². The Labute approximate surface area is 120 Å². The zero-order valence-corrected chi connectivity index (χ0v) is 12.2. The third-order valence-electron chi connectivity index (χ3n) is 2.76. The van der Waals surface area contributed by atoms with Crippen LogP contribution in [0.4, 0.5) is 0 Å². The monoisotopic (exact) mass is 277 g/mol. The quantitative estimate of drug-likeness (QED) is 0.428. The molecule has 110 valence electrons. The van der Waals surface area contributed by atoms with Gasteiger partial charge < -0.3 is 14.8 Å². The van der Waals surface area contributed by atoms with Crippen molar-refractivity contribution in [2.75, 3.05) is 20.3 Å². The lowest BCUT2D eigenvalue weighted by Gasteiger charge is -2.05. The van der Waals surface area contributed by atoms with Gasteiger partial charge in [-0.25, -0.2) is 0 Å². The van der Waals surface area contributed by atoms with E-state index in [1.165, 1.54) is 12.5 Å². The number of carbonyl (C=O) groups excluding carboxylic acids is 1. The Bertz CT molecular complexity index is 412. The van der Waals surface area contributed by atoms with Crippen molar-refractivity contribution in [3.05, 3.63) is 42.0 Å². The molecule has 1 aromatic carbocycles. The number of carbonyl (C=O) groups is 1. The molecule has 1 N–H and O–H groups in total. The first kappa shape index (κ1) is 16.2. The predicted molar refractivity (Wildman–Crippen MR) is 79.7 cm³/mol. The van der Waals surface area contributed by atoms with Crippen LogP contribution < -0.4 is 10.1 Å². The summed E-state index contributed by atoms with van der Waals surface area (Å²) >= 11 is 0. The van der Waals surface area contributed by atoms with Gasteiger partial charge in [0.15, 0.2) is 0 Å². The van der Waals surface area contributed by atoms with Gasteiger partial charge in [0.2, 0.25) is 0 Å². The van der Waals surface area contributed by atoms with Gasteiger partial charge in [-0.15, -0.1) is 0 Å². The number of esters is 1. The molecule has 1 rings (SSSR count). The van der Waals surface area contributed by atoms with E-state index in [-0.39, 0.29) is 5.97 Å². The van der Waals surface area contributed by atoms with E-state index >= 15 is 0 Å². The summed E-state index contributed by atoms with van der Waals surface area (Å²) in [5.41, 5.74) is 1.25. The Kier molecular flexibility index (Phi) is 8.15. The summed E-state index contributed by atoms with van der Waals surface area (Å²) in [5.74, 6) is 0.641. The Morgan fingerprint density at radius 2 is 2.00 bits per heavy atom. The van der Waals surface area contributed by atoms with Gasteiger partial charge in [0.1, 0.15) is 12.4 Å². The molecule has 1 aromatic rings. The van der Waals surface area contributed by atoms with Crippen LogP contribution >= 0.6 is 0 Å². The Balaban J connectivity index is 2.02. The van der Waals surface area contributed by atoms with Gasteiger partial charge in [-0.1, -0.05) is 24.3 Å². The molecule has 0 aromatic heterocycles. The molecule has 20 heavy (non-hydrogen) atoms. The highest BCUT2D eigenvalue weighted by Crippen LogP contribution is 2.10. The number of methoxy groups -OCH3 is 1. The van der Waals surface area contributed by atoms with E-state index in [1.54, 1.807) is 7.11 Å². The minimum atomic E-state index is -0.240. The van der Waals surface area contributed by atoms with Gasteiger partial charge in [0.25, 0.3) is 0 Å². The van der Waals surface area contributed by atoms with Crippen LogP contribution in [-0.2, 0) is 16.1 Å². The third kappa shape index (κ3) is 7.59. The van der Waals surface area contributed by atoms with Crippen LogP contribution in [-0.4, -0.2) is 26.2 Å². The first-order valence-corrected chi connectivity index (χ1v) is 6.84. The third-order valence-corrected chi connectivity index (χ3v) is 2.76. The molecule has 0 bridgehead atoms. The summed E-state index contributed by atoms with van der Waals surface area (Å²) in [5, 5.41) is 3.39. The number of unbranched alkanes of at least 4 members (excludes halogenated alkanes) is 1. The van der Waals surface area contributed by atoms with Gasteiger partial charge in [0.05, 0.1) is 7.11 Å². The summed E-state index contributed by atoms with van der Waals surface area (Å²) in [6.45, 7) is 3.61. The van der Waals surface area contributed by atoms with E-state index in [0.717, 1.165) is 31.7 Å². The number of ether oxygens (including phenoxy) is 2. The summed E-state index contributed by atoms with van der Waals surface area (Å²) < 4.78 is 9.91. The molecule has 0 aliphatic rings. The maximum atomic E-state index is 10.5. The molecule has 0 aliphatic carbocycles. The smallest absolute Gasteiger partial charge is 0.302 e. The second kappa shape index (κ2) is 10.0. The van der Waals surface area contributed by atoms with Gasteiger partial charge in [-0.2, -0.15) is 0 Å². The topological polar surface area (TPSA) is 47.6 Å². The summed E-state index contributed by atoms with van der Waals surface area (Å²) in [6, 6.07) is 8.05. The van der Waals surface area contributed by atoms with E-state index in [2.05, 4.69) is 17.4 Å². The maximum Gasteiger partial charge on any atom is 0.302 e. The molecule has 0 spiro atoms. The summed E-state index contributed by atoms with van der Waals surface area (Å²) in [7, 11) is 1.67. The minimum absolute atomic E-state index is 0.240. The lowest BCUT2D eigenvalue weighted by Crippen LogP contribution is -2.14. The lowest BCUT2D eigenvalue weighted by atomic mass is 10.2. The maximum absolute atomic E-state index is 10.5. The molecule has 0 aliphatic heterocycles. The first-order valence-electron chi connectivity index (χ1n) is 6.84. The zero-order valence-electron chi connectivity index (χ0n) is 12.2. The number of benzene rings is 1. The average Bonchev–Trinajstić information content (AvgIpc) is 2.46. The summed E-state index contributed by atoms with van der Waals surface area (Å²) in [6.07, 6.45) is 5.96. The second-order valence-electron chi connectivity index (χ2n) is 4.44. The van der Waals surface area contributed by atoms with Crippen LogP contribution in [0.25, 0.3) is 0 Å². The fourth-order valence-corrected chi connectivity index (χ4v) is 1.67. The molecule has 4 heteroatoms. The minimum Gasteiger partial charge on any atom is -0.497 e. The fourth-order valence-electron chi connectivity index (χ4n) is 1.67. The van der Waals surface area contributed by atoms with Crippen LogP contribution in [0, 0.1) is 0 Å². The summed E-state index contributed by atoms with van der Waals surface area (Å²) in [4.78, 5) is 10.5. The largest absolute Gasteiger partial charge is 0.497 e. The first-order chi connectivity index (χ1) is 9.72. The molecule has 4 nitrogen and oxygen atoms in total. The van der Waals surface area contributed by atoms with Gasteiger partial charge >= 0.3 is 5.97 Å². The number of nitrogens with one attached hydrogen (secondary N) is 1. The van der Waals surface area contributed by atoms with Crippen molar-refractivity contribution < 1.29 is 14.3 Å². The van der Waals surface area contributed by atoms with Crippen molar-refractivity contribution >= 4 is 5.97 Å². The molecule has 0 atom stereocenters. The molecule has 0 fully saturated rings. The zero-order chi connectivity index (χ0) is 14.6. The Morgan fingerprint density at radius 3 is 2.65 bits per heavy atom. The highest BCUT2D eigenvalue weighted by atomic mass is 16.5. The van der Waals surface area contributed by atoms with Crippen molar-refractivity contribution in [3.8, 4) is 5.75 Å². The van der Waals surface area contributed by atoms with Crippen molar-refractivity contribution in [2.45, 2.75) is 26.3 Å². The molecular weight excluding hydrogens is 254 g/mol. The van der Waals surface area contributed by atoms with E-state index in [9.17, 15) is 4.79 Å². The molecule has 0 saturated carbocycles. The van der Waals surface area contributed by atoms with E-state index in [4.69, 9.17) is 9.47 Å². The van der Waals surface area contributed by atoms with E-state index in [1.807, 2.05) is 24.3 Å². The molecule has 0 saturated heterocycles. The van der Waals surface area contributed by atoms with Crippen LogP contribution in [0.2, 0.25) is 0 Å². The SMILES string of the molecule is COc1ccc(CNCCC/C=C/COC(C)=O)cc1. The standard InChI is InChI=1S/C16H23NO3/c1-14(18)20-12-6-4-3-5-11-17-13-15-7-9-16(19-2)10-8-15/h4,6-10,17H,3,5,11-13H2,1-2H3/b6-4+. The molecular formula is C16H23NO3. The normalized spacial score (nSPS) is 10.7. The van der Waals surface area contributed by atoms with Crippen LogP contribution in [0.3, 0.4) is 0 Å². The van der Waals surface area contributed by atoms with E-state index < -0.39 is 0 Å². The van der Waals surface area contributed by atoms with Gasteiger partial charge in [0, 0.05) is 13.5 Å². The van der Waals surface area contributed by atoms with Crippen LogP contribution in [0.1, 0.15) is 25.3 Å². The van der Waals surface area contributed by atoms with Crippen molar-refractivity contribution in [3.63, 3.8) is 0 Å². The second-order valence-corrected chi connectivity index (χ2v) is 4.44. The number of hydrogen-bond acceptors (Lipinski definition) is 4. The highest BCUT2D eigenvalue weighted by molar-refractivity contribution is 5.65. The molecule has 0 unspecified atom stereocenters. The lowest BCUT2D eigenvalue weighted by molar-refractivity contribution is -0.139. The predicted octanol–water partition coefficient (Wildman–Crippen LogP) is 2.68. The number of hydrogen-bond donors (Lipinski definition) is 1.